The van der Waals surface area contributed by atoms with Crippen molar-refractivity contribution in [2.24, 2.45) is 0 Å². The van der Waals surface area contributed by atoms with Crippen molar-refractivity contribution in [3.05, 3.63) is 45.9 Å². The molecule has 0 saturated carbocycles. The van der Waals surface area contributed by atoms with Gasteiger partial charge in [-0.1, -0.05) is 18.2 Å². The smallest absolute Gasteiger partial charge is 0.349 e. The van der Waals surface area contributed by atoms with Gasteiger partial charge in [-0.3, -0.25) is 4.79 Å². The van der Waals surface area contributed by atoms with Gasteiger partial charge in [-0.05, 0) is 30.7 Å². The van der Waals surface area contributed by atoms with Crippen molar-refractivity contribution in [1.29, 1.82) is 0 Å². The summed E-state index contributed by atoms with van der Waals surface area (Å²) < 4.78 is 10.0. The summed E-state index contributed by atoms with van der Waals surface area (Å²) in [7, 11) is 1.34. The number of rotatable bonds is 7. The summed E-state index contributed by atoms with van der Waals surface area (Å²) in [5, 5.41) is 3.38. The van der Waals surface area contributed by atoms with E-state index in [4.69, 9.17) is 4.74 Å². The highest BCUT2D eigenvalue weighted by atomic mass is 32.1. The molecule has 1 aromatic heterocycles. The van der Waals surface area contributed by atoms with Crippen LogP contribution in [0.25, 0.3) is 12.2 Å². The van der Waals surface area contributed by atoms with E-state index in [1.165, 1.54) is 24.6 Å². The Morgan fingerprint density at radius 2 is 2.00 bits per heavy atom. The van der Waals surface area contributed by atoms with Crippen molar-refractivity contribution in [2.75, 3.05) is 20.3 Å². The van der Waals surface area contributed by atoms with Gasteiger partial charge in [0.15, 0.2) is 6.61 Å². The van der Waals surface area contributed by atoms with Crippen LogP contribution in [0.1, 0.15) is 27.2 Å². The number of carbonyl (C=O) groups excluding carboxylic acids is 2. The van der Waals surface area contributed by atoms with Gasteiger partial charge in [0.05, 0.1) is 13.3 Å². The molecule has 1 amide bonds. The Morgan fingerprint density at radius 1 is 1.25 bits per heavy atom. The average molecular weight is 346 g/mol. The standard InChI is InChI=1S/C17H18N2O4S/c1-3-18-15(20)11-23-13-7-4-12(5-8-13)6-9-16-19-10-14(24-16)17(21)22-2/h4-10H,3,11H2,1-2H3,(H,18,20)/b9-6-. The molecule has 0 bridgehead atoms. The van der Waals surface area contributed by atoms with E-state index in [0.29, 0.717) is 22.2 Å². The largest absolute Gasteiger partial charge is 0.484 e. The fraction of sp³-hybridized carbons (Fsp3) is 0.235. The van der Waals surface area contributed by atoms with E-state index in [1.54, 1.807) is 12.1 Å². The van der Waals surface area contributed by atoms with Gasteiger partial charge >= 0.3 is 5.97 Å². The molecule has 2 rings (SSSR count). The number of likely N-dealkylation sites (N-methyl/N-ethyl adjacent to an activating group) is 1. The van der Waals surface area contributed by atoms with E-state index in [2.05, 4.69) is 15.0 Å². The van der Waals surface area contributed by atoms with Crippen LogP contribution in [0.3, 0.4) is 0 Å². The average Bonchev–Trinajstić information content (AvgIpc) is 3.07. The van der Waals surface area contributed by atoms with E-state index in [1.807, 2.05) is 31.2 Å². The number of nitrogens with zero attached hydrogens (tertiary/aromatic N) is 1. The number of ether oxygens (including phenoxy) is 2. The van der Waals surface area contributed by atoms with Crippen molar-refractivity contribution in [2.45, 2.75) is 6.92 Å². The number of nitrogens with one attached hydrogen (secondary N) is 1. The molecule has 0 unspecified atom stereocenters. The summed E-state index contributed by atoms with van der Waals surface area (Å²) >= 11 is 1.26. The number of benzene rings is 1. The minimum atomic E-state index is -0.388. The van der Waals surface area contributed by atoms with Gasteiger partial charge in [-0.15, -0.1) is 11.3 Å². The Bertz CT molecular complexity index is 722. The third-order valence-electron chi connectivity index (χ3n) is 2.95. The number of carbonyl (C=O) groups is 2. The van der Waals surface area contributed by atoms with Crippen molar-refractivity contribution in [3.63, 3.8) is 0 Å². The third kappa shape index (κ3) is 5.20. The van der Waals surface area contributed by atoms with Crippen molar-refractivity contribution in [1.82, 2.24) is 10.3 Å². The highest BCUT2D eigenvalue weighted by Gasteiger charge is 2.08. The van der Waals surface area contributed by atoms with Gasteiger partial charge in [-0.25, -0.2) is 9.78 Å². The molecule has 24 heavy (non-hydrogen) atoms. The summed E-state index contributed by atoms with van der Waals surface area (Å²) in [4.78, 5) is 27.3. The molecule has 1 heterocycles. The summed E-state index contributed by atoms with van der Waals surface area (Å²) in [6.45, 7) is 2.44. The zero-order valence-electron chi connectivity index (χ0n) is 13.4. The van der Waals surface area contributed by atoms with Crippen LogP contribution in [0.4, 0.5) is 0 Å². The van der Waals surface area contributed by atoms with Gasteiger partial charge in [0.25, 0.3) is 5.91 Å². The maximum Gasteiger partial charge on any atom is 0.349 e. The van der Waals surface area contributed by atoms with Crippen LogP contribution >= 0.6 is 11.3 Å². The lowest BCUT2D eigenvalue weighted by atomic mass is 10.2. The first-order valence-electron chi connectivity index (χ1n) is 7.34. The third-order valence-corrected chi connectivity index (χ3v) is 3.90. The van der Waals surface area contributed by atoms with Crippen molar-refractivity contribution < 1.29 is 19.1 Å². The van der Waals surface area contributed by atoms with Crippen LogP contribution in [0.2, 0.25) is 0 Å². The Kier molecular flexibility index (Phi) is 6.51. The number of hydrogen-bond donors (Lipinski definition) is 1. The molecule has 0 spiro atoms. The molecule has 0 atom stereocenters. The maximum atomic E-state index is 11.4. The molecule has 1 N–H and O–H groups in total. The predicted octanol–water partition coefficient (Wildman–Crippen LogP) is 2.62. The van der Waals surface area contributed by atoms with Crippen molar-refractivity contribution in [3.8, 4) is 5.75 Å². The highest BCUT2D eigenvalue weighted by Crippen LogP contribution is 2.18. The van der Waals surface area contributed by atoms with Crippen LogP contribution in [-0.4, -0.2) is 37.1 Å². The first-order valence-corrected chi connectivity index (χ1v) is 8.15. The lowest BCUT2D eigenvalue weighted by Crippen LogP contribution is -2.28. The fourth-order valence-electron chi connectivity index (χ4n) is 1.80. The molecular formula is C17H18N2O4S. The molecule has 126 valence electrons. The topological polar surface area (TPSA) is 77.5 Å². The summed E-state index contributed by atoms with van der Waals surface area (Å²) in [5.74, 6) is 0.0908. The van der Waals surface area contributed by atoms with Crippen LogP contribution < -0.4 is 10.1 Å². The lowest BCUT2D eigenvalue weighted by molar-refractivity contribution is -0.122. The second kappa shape index (κ2) is 8.83. The second-order valence-corrected chi connectivity index (χ2v) is 5.76. The number of thiazole rings is 1. The van der Waals surface area contributed by atoms with Gasteiger partial charge in [-0.2, -0.15) is 0 Å². The minimum Gasteiger partial charge on any atom is -0.484 e. The quantitative estimate of drug-likeness (QED) is 0.780. The molecule has 0 fully saturated rings. The minimum absolute atomic E-state index is 0.00154. The van der Waals surface area contributed by atoms with Gasteiger partial charge in [0, 0.05) is 6.54 Å². The number of amides is 1. The Hall–Kier alpha value is -2.67. The van der Waals surface area contributed by atoms with Gasteiger partial charge < -0.3 is 14.8 Å². The highest BCUT2D eigenvalue weighted by molar-refractivity contribution is 7.14. The first-order chi connectivity index (χ1) is 11.6. The fourth-order valence-corrected chi connectivity index (χ4v) is 2.54. The molecule has 2 aromatic rings. The predicted molar refractivity (Wildman–Crippen MR) is 93.0 cm³/mol. The number of hydrogen-bond acceptors (Lipinski definition) is 6. The van der Waals surface area contributed by atoms with E-state index >= 15 is 0 Å². The zero-order chi connectivity index (χ0) is 17.4. The van der Waals surface area contributed by atoms with Crippen LogP contribution in [0, 0.1) is 0 Å². The number of aromatic nitrogens is 1. The molecule has 0 aliphatic rings. The van der Waals surface area contributed by atoms with E-state index in [0.717, 1.165) is 5.56 Å². The molecule has 7 heteroatoms. The summed E-state index contributed by atoms with van der Waals surface area (Å²) in [5.41, 5.74) is 0.954. The molecule has 1 aromatic carbocycles. The van der Waals surface area contributed by atoms with E-state index < -0.39 is 0 Å². The Balaban J connectivity index is 1.92. The van der Waals surface area contributed by atoms with Crippen molar-refractivity contribution >= 4 is 35.4 Å². The maximum absolute atomic E-state index is 11.4. The molecular weight excluding hydrogens is 328 g/mol. The Labute approximate surface area is 144 Å². The SMILES string of the molecule is CCNC(=O)COc1ccc(/C=C\c2ncc(C(=O)OC)s2)cc1. The van der Waals surface area contributed by atoms with Gasteiger partial charge in [0.1, 0.15) is 15.6 Å². The van der Waals surface area contributed by atoms with E-state index in [9.17, 15) is 9.59 Å². The summed E-state index contributed by atoms with van der Waals surface area (Å²) in [6, 6.07) is 7.33. The molecule has 6 nitrogen and oxygen atoms in total. The van der Waals surface area contributed by atoms with Crippen LogP contribution in [0.5, 0.6) is 5.75 Å². The molecule has 0 saturated heterocycles. The van der Waals surface area contributed by atoms with Crippen LogP contribution in [0.15, 0.2) is 30.5 Å². The number of esters is 1. The summed E-state index contributed by atoms with van der Waals surface area (Å²) in [6.07, 6.45) is 5.20. The zero-order valence-corrected chi connectivity index (χ0v) is 14.3. The first kappa shape index (κ1) is 17.7. The number of methoxy groups -OCH3 is 1. The molecule has 0 aliphatic heterocycles. The normalized spacial score (nSPS) is 10.6. The lowest BCUT2D eigenvalue weighted by Gasteiger charge is -2.06. The second-order valence-electron chi connectivity index (χ2n) is 4.70. The molecule has 0 radical (unpaired) electrons. The molecule has 0 aliphatic carbocycles. The van der Waals surface area contributed by atoms with Crippen LogP contribution in [-0.2, 0) is 9.53 Å². The Morgan fingerprint density at radius 3 is 2.67 bits per heavy atom. The monoisotopic (exact) mass is 346 g/mol. The van der Waals surface area contributed by atoms with E-state index in [-0.39, 0.29) is 18.5 Å². The van der Waals surface area contributed by atoms with Gasteiger partial charge in [0.2, 0.25) is 0 Å².